The van der Waals surface area contributed by atoms with Crippen molar-refractivity contribution in [3.05, 3.63) is 24.8 Å². The highest BCUT2D eigenvalue weighted by Crippen LogP contribution is 2.08. The first kappa shape index (κ1) is 9.70. The Morgan fingerprint density at radius 3 is 2.90 bits per heavy atom. The number of hydrogen-bond acceptors (Lipinski definition) is 0. The van der Waals surface area contributed by atoms with Gasteiger partial charge in [0.2, 0.25) is 0 Å². The van der Waals surface area contributed by atoms with Crippen LogP contribution in [0.2, 0.25) is 0 Å². The van der Waals surface area contributed by atoms with Crippen LogP contribution in [-0.4, -0.2) is 6.04 Å². The Bertz CT molecular complexity index is 78.8. The third-order valence-electron chi connectivity index (χ3n) is 1.46. The Morgan fingerprint density at radius 2 is 2.40 bits per heavy atom. The van der Waals surface area contributed by atoms with Gasteiger partial charge in [-0.25, -0.2) is 0 Å². The van der Waals surface area contributed by atoms with Crippen LogP contribution in [-0.2, 0) is 0 Å². The van der Waals surface area contributed by atoms with E-state index in [-0.39, 0.29) is 6.04 Å². The minimum absolute atomic E-state index is 0.0259. The van der Waals surface area contributed by atoms with E-state index in [0.29, 0.717) is 0 Å². The van der Waals surface area contributed by atoms with Gasteiger partial charge in [-0.05, 0) is 0 Å². The molecule has 0 fully saturated rings. The molecule has 0 spiro atoms. The summed E-state index contributed by atoms with van der Waals surface area (Å²) < 4.78 is 0. The van der Waals surface area contributed by atoms with E-state index in [0.717, 1.165) is 12.8 Å². The summed E-state index contributed by atoms with van der Waals surface area (Å²) in [6.45, 7) is 5.75. The van der Waals surface area contributed by atoms with Gasteiger partial charge in [0, 0.05) is 0 Å². The maximum Gasteiger partial charge on any atom is -0.0563 e. The van der Waals surface area contributed by atoms with Crippen molar-refractivity contribution in [1.29, 1.82) is 0 Å². The molecule has 0 aliphatic heterocycles. The monoisotopic (exact) mass is 139 g/mol. The number of allylic oxidation sites excluding steroid dienone is 1. The van der Waals surface area contributed by atoms with E-state index in [1.54, 1.807) is 0 Å². The lowest BCUT2D eigenvalue weighted by Crippen LogP contribution is -2.00. The molecule has 1 heteroatoms. The van der Waals surface area contributed by atoms with Gasteiger partial charge in [-0.15, -0.1) is 12.7 Å². The maximum absolute atomic E-state index is 7.48. The molecular weight excluding hydrogens is 122 g/mol. The largest absolute Gasteiger partial charge is 0.701 e. The van der Waals surface area contributed by atoms with Crippen LogP contribution in [0.5, 0.6) is 0 Å². The summed E-state index contributed by atoms with van der Waals surface area (Å²) in [4.78, 5) is 0. The minimum atomic E-state index is 0.0259. The van der Waals surface area contributed by atoms with E-state index in [4.69, 9.17) is 5.73 Å². The van der Waals surface area contributed by atoms with Gasteiger partial charge in [0.15, 0.2) is 0 Å². The summed E-state index contributed by atoms with van der Waals surface area (Å²) >= 11 is 0. The molecule has 0 aliphatic rings. The molecule has 1 unspecified atom stereocenters. The summed E-state index contributed by atoms with van der Waals surface area (Å²) in [5.74, 6) is 0. The molecule has 0 bridgehead atoms. The van der Waals surface area contributed by atoms with Gasteiger partial charge in [0.25, 0.3) is 0 Å². The number of unbranched alkanes of at least 4 members (excludes halogenated alkanes) is 1. The molecule has 60 valence electrons. The Hall–Kier alpha value is -0.300. The van der Waals surface area contributed by atoms with Gasteiger partial charge in [0.1, 0.15) is 0 Å². The normalized spacial score (nSPS) is 13.0. The van der Waals surface area contributed by atoms with E-state index in [1.165, 1.54) is 12.8 Å². The van der Waals surface area contributed by atoms with Crippen molar-refractivity contribution >= 4 is 0 Å². The molecule has 1 N–H and O–H groups in total. The first-order chi connectivity index (χ1) is 4.81. The first-order valence-corrected chi connectivity index (χ1v) is 3.96. The molecule has 10 heavy (non-hydrogen) atoms. The molecule has 0 aromatic carbocycles. The van der Waals surface area contributed by atoms with Crippen LogP contribution in [0, 0.1) is 6.42 Å². The molecular formula is C9H17N-2. The SMILES string of the molecule is C=CC[CH-]C([NH-])CCCC. The summed E-state index contributed by atoms with van der Waals surface area (Å²) in [6, 6.07) is 0.0259. The van der Waals surface area contributed by atoms with Gasteiger partial charge in [-0.1, -0.05) is 26.2 Å². The van der Waals surface area contributed by atoms with Gasteiger partial charge in [-0.2, -0.15) is 6.42 Å². The lowest BCUT2D eigenvalue weighted by Gasteiger charge is -2.29. The minimum Gasteiger partial charge on any atom is -0.701 e. The first-order valence-electron chi connectivity index (χ1n) is 3.96. The van der Waals surface area contributed by atoms with Crippen molar-refractivity contribution in [2.24, 2.45) is 0 Å². The number of hydrogen-bond donors (Lipinski definition) is 0. The molecule has 0 saturated heterocycles. The van der Waals surface area contributed by atoms with Crippen LogP contribution in [0.3, 0.4) is 0 Å². The zero-order chi connectivity index (χ0) is 7.82. The smallest absolute Gasteiger partial charge is 0.0563 e. The third-order valence-corrected chi connectivity index (χ3v) is 1.46. The second kappa shape index (κ2) is 6.81. The predicted molar refractivity (Wildman–Crippen MR) is 46.7 cm³/mol. The topological polar surface area (TPSA) is 23.8 Å². The van der Waals surface area contributed by atoms with E-state index >= 15 is 0 Å². The fourth-order valence-electron chi connectivity index (χ4n) is 0.802. The molecule has 0 aromatic heterocycles. The summed E-state index contributed by atoms with van der Waals surface area (Å²) in [5, 5.41) is 0. The van der Waals surface area contributed by atoms with Crippen molar-refractivity contribution in [3.63, 3.8) is 0 Å². The molecule has 0 aromatic rings. The van der Waals surface area contributed by atoms with E-state index in [9.17, 15) is 0 Å². The van der Waals surface area contributed by atoms with E-state index < -0.39 is 0 Å². The average molecular weight is 139 g/mol. The zero-order valence-electron chi connectivity index (χ0n) is 6.77. The molecule has 0 radical (unpaired) electrons. The lowest BCUT2D eigenvalue weighted by molar-refractivity contribution is 0.677. The highest BCUT2D eigenvalue weighted by molar-refractivity contribution is 4.92. The van der Waals surface area contributed by atoms with Crippen LogP contribution in [0.4, 0.5) is 0 Å². The Balaban J connectivity index is 3.07. The van der Waals surface area contributed by atoms with E-state index in [2.05, 4.69) is 13.5 Å². The molecule has 0 rings (SSSR count). The maximum atomic E-state index is 7.48. The lowest BCUT2D eigenvalue weighted by atomic mass is 10.1. The molecule has 1 nitrogen and oxygen atoms in total. The Morgan fingerprint density at radius 1 is 1.70 bits per heavy atom. The van der Waals surface area contributed by atoms with Crippen LogP contribution < -0.4 is 0 Å². The fraction of sp³-hybridized carbons (Fsp3) is 0.667. The highest BCUT2D eigenvalue weighted by Gasteiger charge is 1.82. The molecule has 0 saturated carbocycles. The third kappa shape index (κ3) is 5.83. The van der Waals surface area contributed by atoms with Crippen LogP contribution >= 0.6 is 0 Å². The Labute approximate surface area is 64.3 Å². The van der Waals surface area contributed by atoms with Crippen molar-refractivity contribution in [1.82, 2.24) is 0 Å². The van der Waals surface area contributed by atoms with Crippen LogP contribution in [0.25, 0.3) is 5.73 Å². The van der Waals surface area contributed by atoms with Gasteiger partial charge < -0.3 is 12.2 Å². The van der Waals surface area contributed by atoms with Gasteiger partial charge in [-0.3, -0.25) is 6.04 Å². The fourth-order valence-corrected chi connectivity index (χ4v) is 0.802. The summed E-state index contributed by atoms with van der Waals surface area (Å²) in [7, 11) is 0. The number of nitrogens with one attached hydrogen (secondary N) is 1. The summed E-state index contributed by atoms with van der Waals surface area (Å²) in [5.41, 5.74) is 7.48. The molecule has 1 atom stereocenters. The van der Waals surface area contributed by atoms with E-state index in [1.807, 2.05) is 12.5 Å². The second-order valence-corrected chi connectivity index (χ2v) is 2.51. The highest BCUT2D eigenvalue weighted by atomic mass is 14.6. The van der Waals surface area contributed by atoms with Crippen molar-refractivity contribution in [2.75, 3.05) is 0 Å². The van der Waals surface area contributed by atoms with Crippen LogP contribution in [0.1, 0.15) is 32.6 Å². The average Bonchev–Trinajstić information content (AvgIpc) is 1.97. The van der Waals surface area contributed by atoms with Crippen molar-refractivity contribution < 1.29 is 0 Å². The predicted octanol–water partition coefficient (Wildman–Crippen LogP) is 3.38. The quantitative estimate of drug-likeness (QED) is 0.398. The zero-order valence-corrected chi connectivity index (χ0v) is 6.77. The molecule has 0 heterocycles. The number of rotatable bonds is 6. The van der Waals surface area contributed by atoms with Gasteiger partial charge in [0.05, 0.1) is 0 Å². The summed E-state index contributed by atoms with van der Waals surface area (Å²) in [6.07, 6.45) is 8.08. The molecule has 0 amide bonds. The Kier molecular flexibility index (Phi) is 6.61. The molecule has 0 aliphatic carbocycles. The standard InChI is InChI=1S/C9H17N/c1-3-5-7-9(10)8-6-4-2/h3,7,9-10H,1,4-6,8H2,2H3/q-2. The van der Waals surface area contributed by atoms with Crippen molar-refractivity contribution in [2.45, 2.75) is 38.6 Å². The van der Waals surface area contributed by atoms with Gasteiger partial charge >= 0.3 is 0 Å². The van der Waals surface area contributed by atoms with Crippen molar-refractivity contribution in [3.8, 4) is 0 Å². The van der Waals surface area contributed by atoms with Crippen LogP contribution in [0.15, 0.2) is 12.7 Å². The second-order valence-electron chi connectivity index (χ2n) is 2.51.